The number of fused-ring (bicyclic) bond motifs is 2. The predicted octanol–water partition coefficient (Wildman–Crippen LogP) is 5.44. The van der Waals surface area contributed by atoms with Crippen LogP contribution in [0.4, 0.5) is 0 Å². The van der Waals surface area contributed by atoms with Crippen molar-refractivity contribution < 1.29 is 38.3 Å². The lowest BCUT2D eigenvalue weighted by Gasteiger charge is -2.16. The van der Waals surface area contributed by atoms with Crippen molar-refractivity contribution in [3.8, 4) is 23.0 Å². The number of phenolic OH excluding ortho intramolecular Hbond substituents is 2. The molecule has 3 aromatic rings. The average Bonchev–Trinajstić information content (AvgIpc) is 2.89. The number of rotatable bonds is 15. The molecule has 1 heterocycles. The van der Waals surface area contributed by atoms with Crippen LogP contribution in [0, 0.1) is 0 Å². The first-order valence-electron chi connectivity index (χ1n) is 13.3. The lowest BCUT2D eigenvalue weighted by atomic mass is 9.98. The quantitative estimate of drug-likeness (QED) is 0.143. The largest absolute Gasteiger partial charge is 0.507 e. The minimum absolute atomic E-state index is 0.0488. The van der Waals surface area contributed by atoms with Crippen LogP contribution in [-0.2, 0) is 27.1 Å². The third kappa shape index (κ3) is 7.56. The lowest BCUT2D eigenvalue weighted by Crippen LogP contribution is -2.13. The molecule has 0 radical (unpaired) electrons. The van der Waals surface area contributed by atoms with Crippen molar-refractivity contribution in [1.82, 2.24) is 0 Å². The number of phenols is 2. The molecular formula is C31H40O9. The second-order valence-corrected chi connectivity index (χ2v) is 9.82. The Morgan fingerprint density at radius 3 is 1.98 bits per heavy atom. The second-order valence-electron chi connectivity index (χ2n) is 9.82. The lowest BCUT2D eigenvalue weighted by molar-refractivity contribution is 0.0179. The van der Waals surface area contributed by atoms with E-state index in [1.807, 2.05) is 39.8 Å². The van der Waals surface area contributed by atoms with Gasteiger partial charge in [0.15, 0.2) is 11.5 Å². The average molecular weight is 557 g/mol. The molecule has 0 aliphatic rings. The van der Waals surface area contributed by atoms with Crippen LogP contribution in [0.3, 0.4) is 0 Å². The highest BCUT2D eigenvalue weighted by Gasteiger charge is 2.23. The van der Waals surface area contributed by atoms with Crippen molar-refractivity contribution in [3.05, 3.63) is 56.8 Å². The summed E-state index contributed by atoms with van der Waals surface area (Å²) in [5.41, 5.74) is 2.98. The summed E-state index contributed by atoms with van der Waals surface area (Å²) in [5.74, 6) is 0.240. The van der Waals surface area contributed by atoms with Gasteiger partial charge in [-0.1, -0.05) is 23.3 Å². The van der Waals surface area contributed by atoms with Gasteiger partial charge in [-0.25, -0.2) is 0 Å². The van der Waals surface area contributed by atoms with Crippen molar-refractivity contribution >= 4 is 21.9 Å². The molecule has 9 nitrogen and oxygen atoms in total. The van der Waals surface area contributed by atoms with E-state index in [0.29, 0.717) is 62.8 Å². The normalized spacial score (nSPS) is 11.2. The van der Waals surface area contributed by atoms with Crippen LogP contribution in [0.25, 0.3) is 21.9 Å². The van der Waals surface area contributed by atoms with Crippen molar-refractivity contribution in [2.75, 3.05) is 53.9 Å². The van der Waals surface area contributed by atoms with Gasteiger partial charge in [-0.2, -0.15) is 0 Å². The van der Waals surface area contributed by atoms with E-state index in [-0.39, 0.29) is 45.8 Å². The third-order valence-corrected chi connectivity index (χ3v) is 6.25. The van der Waals surface area contributed by atoms with E-state index >= 15 is 0 Å². The Morgan fingerprint density at radius 2 is 1.38 bits per heavy atom. The van der Waals surface area contributed by atoms with Gasteiger partial charge in [-0.3, -0.25) is 4.79 Å². The molecule has 0 saturated carbocycles. The highest BCUT2D eigenvalue weighted by molar-refractivity contribution is 5.97. The molecular weight excluding hydrogens is 516 g/mol. The molecule has 0 aliphatic heterocycles. The van der Waals surface area contributed by atoms with Crippen LogP contribution in [0.1, 0.15) is 38.8 Å². The van der Waals surface area contributed by atoms with E-state index in [0.717, 1.165) is 11.1 Å². The predicted molar refractivity (Wildman–Crippen MR) is 155 cm³/mol. The summed E-state index contributed by atoms with van der Waals surface area (Å²) in [6, 6.07) is 2.97. The van der Waals surface area contributed by atoms with E-state index in [1.54, 1.807) is 13.2 Å². The number of allylic oxidation sites excluding steroid dienone is 4. The second kappa shape index (κ2) is 14.7. The van der Waals surface area contributed by atoms with Gasteiger partial charge in [0.05, 0.1) is 45.5 Å². The van der Waals surface area contributed by atoms with Gasteiger partial charge >= 0.3 is 0 Å². The Hall–Kier alpha value is -3.53. The van der Waals surface area contributed by atoms with Crippen LogP contribution >= 0.6 is 0 Å². The standard InChI is InChI=1S/C31H40O9/c1-19(2)7-9-21-24(39-16-15-38-14-13-37-12-11-35-5)18-26-28(29(21)33)30(34)27-22(10-8-20(3)4)31(36-6)23(32)17-25(27)40-26/h7-8,17-18,32-33H,9-16H2,1-6H3. The smallest absolute Gasteiger partial charge is 0.204 e. The maximum Gasteiger partial charge on any atom is 0.204 e. The summed E-state index contributed by atoms with van der Waals surface area (Å²) in [4.78, 5) is 13.9. The minimum Gasteiger partial charge on any atom is -0.507 e. The van der Waals surface area contributed by atoms with Gasteiger partial charge in [-0.05, 0) is 40.5 Å². The molecule has 0 saturated heterocycles. The number of hydrogen-bond acceptors (Lipinski definition) is 9. The van der Waals surface area contributed by atoms with Crippen LogP contribution in [-0.4, -0.2) is 64.1 Å². The summed E-state index contributed by atoms with van der Waals surface area (Å²) in [7, 11) is 3.05. The molecule has 40 heavy (non-hydrogen) atoms. The first-order valence-corrected chi connectivity index (χ1v) is 13.3. The number of methoxy groups -OCH3 is 2. The Balaban J connectivity index is 2.04. The zero-order chi connectivity index (χ0) is 29.2. The molecule has 9 heteroatoms. The molecule has 2 N–H and O–H groups in total. The summed E-state index contributed by atoms with van der Waals surface area (Å²) in [5, 5.41) is 22.3. The fourth-order valence-corrected chi connectivity index (χ4v) is 4.25. The van der Waals surface area contributed by atoms with Crippen molar-refractivity contribution in [2.45, 2.75) is 40.5 Å². The Bertz CT molecular complexity index is 1420. The fraction of sp³-hybridized carbons (Fsp3) is 0.452. The molecule has 0 amide bonds. The minimum atomic E-state index is -0.411. The molecule has 218 valence electrons. The van der Waals surface area contributed by atoms with Gasteiger partial charge in [0, 0.05) is 30.4 Å². The van der Waals surface area contributed by atoms with Gasteiger partial charge in [0.1, 0.15) is 34.7 Å². The maximum absolute atomic E-state index is 13.9. The Kier molecular flexibility index (Phi) is 11.4. The van der Waals surface area contributed by atoms with Gasteiger partial charge < -0.3 is 38.3 Å². The highest BCUT2D eigenvalue weighted by atomic mass is 16.6. The third-order valence-electron chi connectivity index (χ3n) is 6.25. The van der Waals surface area contributed by atoms with E-state index < -0.39 is 5.43 Å². The van der Waals surface area contributed by atoms with E-state index in [1.165, 1.54) is 13.2 Å². The van der Waals surface area contributed by atoms with E-state index in [9.17, 15) is 15.0 Å². The number of aromatic hydroxyl groups is 2. The highest BCUT2D eigenvalue weighted by Crippen LogP contribution is 2.41. The van der Waals surface area contributed by atoms with Crippen molar-refractivity contribution in [3.63, 3.8) is 0 Å². The molecule has 1 aromatic heterocycles. The molecule has 0 aliphatic carbocycles. The molecule has 0 fully saturated rings. The SMILES string of the molecule is COCCOCCOCCOc1cc2oc3cc(O)c(OC)c(CC=C(C)C)c3c(=O)c2c(O)c1CC=C(C)C. The summed E-state index contributed by atoms with van der Waals surface area (Å²) >= 11 is 0. The zero-order valence-corrected chi connectivity index (χ0v) is 24.2. The molecule has 3 rings (SSSR count). The Labute approximate surface area is 234 Å². The van der Waals surface area contributed by atoms with Crippen molar-refractivity contribution in [1.29, 1.82) is 0 Å². The summed E-state index contributed by atoms with van der Waals surface area (Å²) in [6.45, 7) is 10.2. The molecule has 0 unspecified atom stereocenters. The molecule has 0 bridgehead atoms. The zero-order valence-electron chi connectivity index (χ0n) is 24.2. The number of hydrogen-bond donors (Lipinski definition) is 2. The van der Waals surface area contributed by atoms with Crippen LogP contribution in [0.2, 0.25) is 0 Å². The van der Waals surface area contributed by atoms with Crippen LogP contribution in [0.5, 0.6) is 23.0 Å². The van der Waals surface area contributed by atoms with Crippen LogP contribution < -0.4 is 14.9 Å². The van der Waals surface area contributed by atoms with Crippen LogP contribution in [0.15, 0.2) is 44.6 Å². The fourth-order valence-electron chi connectivity index (χ4n) is 4.25. The summed E-state index contributed by atoms with van der Waals surface area (Å²) in [6.07, 6.45) is 4.59. The first kappa shape index (κ1) is 31.0. The van der Waals surface area contributed by atoms with Gasteiger partial charge in [-0.15, -0.1) is 0 Å². The maximum atomic E-state index is 13.9. The number of benzene rings is 2. The van der Waals surface area contributed by atoms with E-state index in [2.05, 4.69) is 0 Å². The topological polar surface area (TPSA) is 117 Å². The van der Waals surface area contributed by atoms with Gasteiger partial charge in [0.25, 0.3) is 0 Å². The molecule has 0 atom stereocenters. The van der Waals surface area contributed by atoms with Gasteiger partial charge in [0.2, 0.25) is 5.43 Å². The monoisotopic (exact) mass is 556 g/mol. The summed E-state index contributed by atoms with van der Waals surface area (Å²) < 4.78 is 33.4. The molecule has 0 spiro atoms. The van der Waals surface area contributed by atoms with Crippen molar-refractivity contribution in [2.24, 2.45) is 0 Å². The molecule has 2 aromatic carbocycles. The Morgan fingerprint density at radius 1 is 0.800 bits per heavy atom. The first-order chi connectivity index (χ1) is 19.2. The number of ether oxygens (including phenoxy) is 5. The van der Waals surface area contributed by atoms with E-state index in [4.69, 9.17) is 28.1 Å².